The van der Waals surface area contributed by atoms with Crippen molar-refractivity contribution in [3.05, 3.63) is 35.2 Å². The zero-order chi connectivity index (χ0) is 14.7. The Morgan fingerprint density at radius 2 is 1.90 bits per heavy atom. The Hall–Kier alpha value is -1.55. The molecule has 0 aliphatic heterocycles. The molecule has 4 nitrogen and oxygen atoms in total. The van der Waals surface area contributed by atoms with Crippen LogP contribution < -0.4 is 5.32 Å². The van der Waals surface area contributed by atoms with E-state index in [0.29, 0.717) is 11.3 Å². The molecule has 112 valence electrons. The topological polar surface area (TPSA) is 46.4 Å². The maximum absolute atomic E-state index is 12.6. The van der Waals surface area contributed by atoms with Gasteiger partial charge >= 0.3 is 0 Å². The number of hydrogen-bond acceptors (Lipinski definition) is 2. The summed E-state index contributed by atoms with van der Waals surface area (Å²) in [6, 6.07) is 5.86. The lowest BCUT2D eigenvalue weighted by Gasteiger charge is -2.20. The first-order chi connectivity index (χ1) is 10.3. The molecule has 1 fully saturated rings. The normalized spacial score (nSPS) is 17.4. The Balaban J connectivity index is 1.78. The summed E-state index contributed by atoms with van der Waals surface area (Å²) in [6.07, 6.45) is 10.2. The predicted octanol–water partition coefficient (Wildman–Crippen LogP) is 3.83. The van der Waals surface area contributed by atoms with E-state index in [1.54, 1.807) is 4.40 Å². The van der Waals surface area contributed by atoms with Gasteiger partial charge in [0.1, 0.15) is 5.65 Å². The van der Waals surface area contributed by atoms with Crippen LogP contribution in [0.15, 0.2) is 24.4 Å². The van der Waals surface area contributed by atoms with E-state index >= 15 is 0 Å². The van der Waals surface area contributed by atoms with Crippen molar-refractivity contribution in [1.82, 2.24) is 14.7 Å². The standard InChI is InChI=1S/C16H20ClN3O/c17-15-14(20-11-7-6-10-13(20)19-15)16(21)18-12-8-4-2-1-3-5-9-12/h6-7,10-12H,1-5,8-9H2,(H,18,21). The highest BCUT2D eigenvalue weighted by molar-refractivity contribution is 6.32. The first kappa shape index (κ1) is 14.4. The second-order valence-electron chi connectivity index (χ2n) is 5.70. The molecule has 1 N–H and O–H groups in total. The molecule has 0 radical (unpaired) electrons. The van der Waals surface area contributed by atoms with Gasteiger partial charge in [-0.15, -0.1) is 0 Å². The summed E-state index contributed by atoms with van der Waals surface area (Å²) in [5.41, 5.74) is 1.14. The van der Waals surface area contributed by atoms with Crippen molar-refractivity contribution >= 4 is 23.2 Å². The highest BCUT2D eigenvalue weighted by Crippen LogP contribution is 2.20. The number of halogens is 1. The Morgan fingerprint density at radius 1 is 1.19 bits per heavy atom. The van der Waals surface area contributed by atoms with E-state index in [2.05, 4.69) is 10.3 Å². The van der Waals surface area contributed by atoms with Gasteiger partial charge in [0, 0.05) is 12.2 Å². The third kappa shape index (κ3) is 3.21. The van der Waals surface area contributed by atoms with Crippen molar-refractivity contribution in [3.8, 4) is 0 Å². The lowest BCUT2D eigenvalue weighted by molar-refractivity contribution is 0.0924. The van der Waals surface area contributed by atoms with Gasteiger partial charge in [0.15, 0.2) is 10.8 Å². The Kier molecular flexibility index (Phi) is 4.44. The first-order valence-electron chi connectivity index (χ1n) is 7.69. The Bertz CT molecular complexity index is 629. The summed E-state index contributed by atoms with van der Waals surface area (Å²) >= 11 is 6.15. The van der Waals surface area contributed by atoms with E-state index in [1.165, 1.54) is 32.1 Å². The number of hydrogen-bond donors (Lipinski definition) is 1. The largest absolute Gasteiger partial charge is 0.348 e. The van der Waals surface area contributed by atoms with Crippen LogP contribution in [0.25, 0.3) is 5.65 Å². The average Bonchev–Trinajstić information content (AvgIpc) is 2.77. The van der Waals surface area contributed by atoms with E-state index in [-0.39, 0.29) is 17.1 Å². The van der Waals surface area contributed by atoms with Gasteiger partial charge in [-0.3, -0.25) is 9.20 Å². The van der Waals surface area contributed by atoms with Crippen molar-refractivity contribution in [1.29, 1.82) is 0 Å². The lowest BCUT2D eigenvalue weighted by atomic mass is 9.96. The number of carbonyl (C=O) groups excluding carboxylic acids is 1. The molecule has 0 atom stereocenters. The van der Waals surface area contributed by atoms with Gasteiger partial charge in [-0.05, 0) is 25.0 Å². The van der Waals surface area contributed by atoms with Crippen LogP contribution in [0.1, 0.15) is 55.4 Å². The maximum atomic E-state index is 12.6. The summed E-state index contributed by atoms with van der Waals surface area (Å²) in [4.78, 5) is 16.8. The molecule has 1 saturated carbocycles. The fraction of sp³-hybridized carbons (Fsp3) is 0.500. The molecule has 1 aliphatic carbocycles. The quantitative estimate of drug-likeness (QED) is 0.916. The molecular weight excluding hydrogens is 286 g/mol. The molecule has 2 aromatic rings. The summed E-state index contributed by atoms with van der Waals surface area (Å²) in [7, 11) is 0. The number of rotatable bonds is 2. The number of imidazole rings is 1. The van der Waals surface area contributed by atoms with Gasteiger partial charge in [0.25, 0.3) is 5.91 Å². The fourth-order valence-electron chi connectivity index (χ4n) is 3.02. The third-order valence-corrected chi connectivity index (χ3v) is 4.41. The van der Waals surface area contributed by atoms with Gasteiger partial charge in [-0.25, -0.2) is 4.98 Å². The summed E-state index contributed by atoms with van der Waals surface area (Å²) in [5.74, 6) is -0.121. The van der Waals surface area contributed by atoms with E-state index in [4.69, 9.17) is 11.6 Å². The van der Waals surface area contributed by atoms with Gasteiger partial charge in [0.05, 0.1) is 0 Å². The fourth-order valence-corrected chi connectivity index (χ4v) is 3.29. The molecule has 5 heteroatoms. The average molecular weight is 306 g/mol. The second-order valence-corrected chi connectivity index (χ2v) is 6.05. The van der Waals surface area contributed by atoms with Crippen LogP contribution in [-0.2, 0) is 0 Å². The van der Waals surface area contributed by atoms with Gasteiger partial charge < -0.3 is 5.32 Å². The molecule has 21 heavy (non-hydrogen) atoms. The van der Waals surface area contributed by atoms with Gasteiger partial charge in [-0.1, -0.05) is 49.8 Å². The van der Waals surface area contributed by atoms with Crippen LogP contribution in [0.4, 0.5) is 0 Å². The number of pyridine rings is 1. The van der Waals surface area contributed by atoms with E-state index < -0.39 is 0 Å². The van der Waals surface area contributed by atoms with Crippen molar-refractivity contribution in [2.24, 2.45) is 0 Å². The minimum Gasteiger partial charge on any atom is -0.348 e. The summed E-state index contributed by atoms with van der Waals surface area (Å²) < 4.78 is 1.75. The summed E-state index contributed by atoms with van der Waals surface area (Å²) in [5, 5.41) is 3.41. The molecule has 0 saturated heterocycles. The van der Waals surface area contributed by atoms with Crippen molar-refractivity contribution in [3.63, 3.8) is 0 Å². The highest BCUT2D eigenvalue weighted by Gasteiger charge is 2.21. The Labute approximate surface area is 129 Å². The number of aromatic nitrogens is 2. The van der Waals surface area contributed by atoms with E-state index in [9.17, 15) is 4.79 Å². The van der Waals surface area contributed by atoms with Crippen molar-refractivity contribution < 1.29 is 4.79 Å². The SMILES string of the molecule is O=C(NC1CCCCCCC1)c1c(Cl)nc2ccccn12. The summed E-state index contributed by atoms with van der Waals surface area (Å²) in [6.45, 7) is 0. The molecule has 0 unspecified atom stereocenters. The number of nitrogens with one attached hydrogen (secondary N) is 1. The predicted molar refractivity (Wildman–Crippen MR) is 83.8 cm³/mol. The molecule has 2 aromatic heterocycles. The lowest BCUT2D eigenvalue weighted by Crippen LogP contribution is -2.36. The second kappa shape index (κ2) is 6.48. The zero-order valence-electron chi connectivity index (χ0n) is 12.0. The highest BCUT2D eigenvalue weighted by atomic mass is 35.5. The van der Waals surface area contributed by atoms with E-state index in [0.717, 1.165) is 12.8 Å². The first-order valence-corrected chi connectivity index (χ1v) is 8.07. The van der Waals surface area contributed by atoms with Crippen LogP contribution >= 0.6 is 11.6 Å². The minimum atomic E-state index is -0.121. The molecule has 0 aromatic carbocycles. The van der Waals surface area contributed by atoms with Crippen LogP contribution in [0.3, 0.4) is 0 Å². The monoisotopic (exact) mass is 305 g/mol. The third-order valence-electron chi connectivity index (χ3n) is 4.14. The molecule has 1 amide bonds. The molecule has 2 heterocycles. The van der Waals surface area contributed by atoms with Crippen molar-refractivity contribution in [2.75, 3.05) is 0 Å². The minimum absolute atomic E-state index is 0.121. The van der Waals surface area contributed by atoms with Crippen LogP contribution in [0.5, 0.6) is 0 Å². The van der Waals surface area contributed by atoms with Crippen LogP contribution in [-0.4, -0.2) is 21.3 Å². The molecular formula is C16H20ClN3O. The van der Waals surface area contributed by atoms with Gasteiger partial charge in [-0.2, -0.15) is 0 Å². The number of fused-ring (bicyclic) bond motifs is 1. The Morgan fingerprint density at radius 3 is 2.67 bits per heavy atom. The van der Waals surface area contributed by atoms with Crippen LogP contribution in [0, 0.1) is 0 Å². The smallest absolute Gasteiger partial charge is 0.271 e. The van der Waals surface area contributed by atoms with Gasteiger partial charge in [0.2, 0.25) is 0 Å². The maximum Gasteiger partial charge on any atom is 0.271 e. The zero-order valence-corrected chi connectivity index (χ0v) is 12.8. The number of nitrogens with zero attached hydrogens (tertiary/aromatic N) is 2. The molecule has 1 aliphatic rings. The van der Waals surface area contributed by atoms with Crippen LogP contribution in [0.2, 0.25) is 5.15 Å². The number of amides is 1. The molecule has 0 spiro atoms. The van der Waals surface area contributed by atoms with E-state index in [1.807, 2.05) is 24.4 Å². The molecule has 3 rings (SSSR count). The van der Waals surface area contributed by atoms with Crippen molar-refractivity contribution in [2.45, 2.75) is 51.0 Å². The number of carbonyl (C=O) groups is 1. The molecule has 0 bridgehead atoms.